The predicted octanol–water partition coefficient (Wildman–Crippen LogP) is 3.10. The molecule has 1 aromatic heterocycles. The Hall–Kier alpha value is -3.02. The van der Waals surface area contributed by atoms with Gasteiger partial charge in [0.2, 0.25) is 5.91 Å². The van der Waals surface area contributed by atoms with Crippen molar-refractivity contribution in [2.45, 2.75) is 26.2 Å². The second kappa shape index (κ2) is 7.04. The molecule has 0 aliphatic heterocycles. The van der Waals surface area contributed by atoms with Crippen molar-refractivity contribution in [2.75, 3.05) is 5.32 Å². The van der Waals surface area contributed by atoms with Crippen molar-refractivity contribution in [3.05, 3.63) is 66.0 Å². The number of aryl methyl sites for hydroxylation is 1. The molecule has 1 amide bonds. The molecule has 6 heteroatoms. The van der Waals surface area contributed by atoms with Crippen LogP contribution in [0.4, 0.5) is 5.69 Å². The number of tetrazole rings is 1. The summed E-state index contributed by atoms with van der Waals surface area (Å²) in [5.41, 5.74) is 3.57. The van der Waals surface area contributed by atoms with Gasteiger partial charge in [-0.2, -0.15) is 0 Å². The molecular weight excluding hydrogens is 302 g/mol. The summed E-state index contributed by atoms with van der Waals surface area (Å²) >= 11 is 0. The van der Waals surface area contributed by atoms with E-state index >= 15 is 0 Å². The van der Waals surface area contributed by atoms with Gasteiger partial charge < -0.3 is 5.32 Å². The van der Waals surface area contributed by atoms with Gasteiger partial charge in [-0.3, -0.25) is 4.79 Å². The predicted molar refractivity (Wildman–Crippen MR) is 92.0 cm³/mol. The highest BCUT2D eigenvalue weighted by atomic mass is 16.1. The molecule has 0 aliphatic carbocycles. The molecular formula is C18H19N5O. The average molecular weight is 321 g/mol. The molecule has 0 fully saturated rings. The first-order chi connectivity index (χ1) is 11.7. The number of amides is 1. The molecule has 0 bridgehead atoms. The summed E-state index contributed by atoms with van der Waals surface area (Å²) < 4.78 is 1.56. The molecule has 0 saturated heterocycles. The van der Waals surface area contributed by atoms with Crippen LogP contribution < -0.4 is 5.32 Å². The first kappa shape index (κ1) is 15.9. The average Bonchev–Trinajstić information content (AvgIpc) is 3.13. The smallest absolute Gasteiger partial charge is 0.231 e. The summed E-state index contributed by atoms with van der Waals surface area (Å²) in [4.78, 5) is 12.7. The fraction of sp³-hybridized carbons (Fsp3) is 0.222. The third-order valence-corrected chi connectivity index (χ3v) is 4.02. The lowest BCUT2D eigenvalue weighted by atomic mass is 9.95. The van der Waals surface area contributed by atoms with Crippen LogP contribution in [-0.2, 0) is 4.79 Å². The fourth-order valence-electron chi connectivity index (χ4n) is 2.64. The molecule has 0 aliphatic rings. The maximum absolute atomic E-state index is 12.7. The summed E-state index contributed by atoms with van der Waals surface area (Å²) in [6.45, 7) is 3.98. The zero-order valence-corrected chi connectivity index (χ0v) is 13.7. The van der Waals surface area contributed by atoms with Crippen molar-refractivity contribution in [2.24, 2.45) is 0 Å². The molecule has 3 aromatic rings. The van der Waals surface area contributed by atoms with Gasteiger partial charge in [0.25, 0.3) is 0 Å². The number of carbonyl (C=O) groups is 1. The van der Waals surface area contributed by atoms with Crippen LogP contribution in [0.3, 0.4) is 0 Å². The number of benzene rings is 2. The van der Waals surface area contributed by atoms with Gasteiger partial charge in [0, 0.05) is 5.69 Å². The summed E-state index contributed by atoms with van der Waals surface area (Å²) in [6.07, 6.45) is 2.26. The lowest BCUT2D eigenvalue weighted by molar-refractivity contribution is -0.117. The highest BCUT2D eigenvalue weighted by molar-refractivity contribution is 5.96. The Morgan fingerprint density at radius 1 is 1.21 bits per heavy atom. The van der Waals surface area contributed by atoms with Crippen molar-refractivity contribution in [3.63, 3.8) is 0 Å². The van der Waals surface area contributed by atoms with Gasteiger partial charge in [-0.25, -0.2) is 4.68 Å². The molecule has 0 saturated carbocycles. The van der Waals surface area contributed by atoms with Gasteiger partial charge in [0.15, 0.2) is 0 Å². The molecule has 1 heterocycles. The van der Waals surface area contributed by atoms with Gasteiger partial charge in [0.1, 0.15) is 6.33 Å². The second-order valence-corrected chi connectivity index (χ2v) is 5.61. The van der Waals surface area contributed by atoms with Crippen LogP contribution in [0.1, 0.15) is 30.4 Å². The Morgan fingerprint density at radius 2 is 2.00 bits per heavy atom. The van der Waals surface area contributed by atoms with Gasteiger partial charge in [0.05, 0.1) is 11.6 Å². The number of anilines is 1. The minimum atomic E-state index is -0.178. The standard InChI is InChI=1S/C18H19N5O/c1-3-16(14-7-5-4-6-8-14)18(24)20-17-11-15(10-9-13(17)2)23-12-19-21-22-23/h4-12,16H,3H2,1-2H3,(H,20,24)/t16-/m1/s1. The van der Waals surface area contributed by atoms with E-state index in [4.69, 9.17) is 0 Å². The first-order valence-corrected chi connectivity index (χ1v) is 7.89. The summed E-state index contributed by atoms with van der Waals surface area (Å²) in [5.74, 6) is -0.192. The number of aromatic nitrogens is 4. The monoisotopic (exact) mass is 321 g/mol. The Kier molecular flexibility index (Phi) is 4.65. The van der Waals surface area contributed by atoms with E-state index in [-0.39, 0.29) is 11.8 Å². The minimum Gasteiger partial charge on any atom is -0.325 e. The number of carbonyl (C=O) groups excluding carboxylic acids is 1. The molecule has 0 radical (unpaired) electrons. The van der Waals surface area contributed by atoms with E-state index in [1.54, 1.807) is 4.68 Å². The number of hydrogen-bond donors (Lipinski definition) is 1. The molecule has 1 N–H and O–H groups in total. The summed E-state index contributed by atoms with van der Waals surface area (Å²) in [7, 11) is 0. The number of rotatable bonds is 5. The third-order valence-electron chi connectivity index (χ3n) is 4.02. The Balaban J connectivity index is 1.84. The lowest BCUT2D eigenvalue weighted by Crippen LogP contribution is -2.21. The fourth-order valence-corrected chi connectivity index (χ4v) is 2.64. The molecule has 6 nitrogen and oxygen atoms in total. The maximum atomic E-state index is 12.7. The van der Waals surface area contributed by atoms with Crippen LogP contribution in [0, 0.1) is 6.92 Å². The highest BCUT2D eigenvalue weighted by Gasteiger charge is 2.19. The first-order valence-electron chi connectivity index (χ1n) is 7.89. The van der Waals surface area contributed by atoms with E-state index in [1.165, 1.54) is 6.33 Å². The van der Waals surface area contributed by atoms with E-state index < -0.39 is 0 Å². The minimum absolute atomic E-state index is 0.0133. The Bertz CT molecular complexity index is 815. The van der Waals surface area contributed by atoms with E-state index in [2.05, 4.69) is 20.8 Å². The van der Waals surface area contributed by atoms with Crippen LogP contribution in [0.2, 0.25) is 0 Å². The van der Waals surface area contributed by atoms with Crippen LogP contribution >= 0.6 is 0 Å². The third kappa shape index (κ3) is 3.32. The molecule has 122 valence electrons. The van der Waals surface area contributed by atoms with Gasteiger partial charge in [-0.05, 0) is 47.0 Å². The number of nitrogens with one attached hydrogen (secondary N) is 1. The molecule has 0 unspecified atom stereocenters. The van der Waals surface area contributed by atoms with E-state index in [1.807, 2.05) is 62.4 Å². The van der Waals surface area contributed by atoms with Crippen LogP contribution in [0.5, 0.6) is 0 Å². The van der Waals surface area contributed by atoms with Crippen molar-refractivity contribution in [1.82, 2.24) is 20.2 Å². The topological polar surface area (TPSA) is 72.7 Å². The van der Waals surface area contributed by atoms with Gasteiger partial charge >= 0.3 is 0 Å². The van der Waals surface area contributed by atoms with Crippen LogP contribution in [-0.4, -0.2) is 26.1 Å². The summed E-state index contributed by atoms with van der Waals surface area (Å²) in [5, 5.41) is 14.2. The zero-order valence-electron chi connectivity index (χ0n) is 13.7. The lowest BCUT2D eigenvalue weighted by Gasteiger charge is -2.17. The Morgan fingerprint density at radius 3 is 2.67 bits per heavy atom. The van der Waals surface area contributed by atoms with Crippen molar-refractivity contribution in [3.8, 4) is 5.69 Å². The quantitative estimate of drug-likeness (QED) is 0.783. The van der Waals surface area contributed by atoms with Crippen molar-refractivity contribution in [1.29, 1.82) is 0 Å². The van der Waals surface area contributed by atoms with E-state index in [0.29, 0.717) is 0 Å². The highest BCUT2D eigenvalue weighted by Crippen LogP contribution is 2.24. The SMILES string of the molecule is CC[C@@H](C(=O)Nc1cc(-n2cnnn2)ccc1C)c1ccccc1. The van der Waals surface area contributed by atoms with Gasteiger partial charge in [-0.1, -0.05) is 43.3 Å². The maximum Gasteiger partial charge on any atom is 0.231 e. The van der Waals surface area contributed by atoms with Crippen LogP contribution in [0.25, 0.3) is 5.69 Å². The largest absolute Gasteiger partial charge is 0.325 e. The molecule has 3 rings (SSSR count). The zero-order chi connectivity index (χ0) is 16.9. The van der Waals surface area contributed by atoms with Crippen LogP contribution in [0.15, 0.2) is 54.9 Å². The van der Waals surface area contributed by atoms with Crippen molar-refractivity contribution >= 4 is 11.6 Å². The molecule has 1 atom stereocenters. The summed E-state index contributed by atoms with van der Waals surface area (Å²) in [6, 6.07) is 15.6. The molecule has 0 spiro atoms. The van der Waals surface area contributed by atoms with Crippen molar-refractivity contribution < 1.29 is 4.79 Å². The number of nitrogens with zero attached hydrogens (tertiary/aromatic N) is 4. The molecule has 2 aromatic carbocycles. The van der Waals surface area contributed by atoms with Gasteiger partial charge in [-0.15, -0.1) is 5.10 Å². The second-order valence-electron chi connectivity index (χ2n) is 5.61. The number of hydrogen-bond acceptors (Lipinski definition) is 4. The van der Waals surface area contributed by atoms with E-state index in [9.17, 15) is 4.79 Å². The van der Waals surface area contributed by atoms with E-state index in [0.717, 1.165) is 28.9 Å². The molecule has 24 heavy (non-hydrogen) atoms. The Labute approximate surface area is 140 Å². The normalized spacial score (nSPS) is 11.9.